The minimum Gasteiger partial charge on any atom is -0.482 e. The van der Waals surface area contributed by atoms with Crippen LogP contribution in [-0.2, 0) is 4.79 Å². The summed E-state index contributed by atoms with van der Waals surface area (Å²) in [4.78, 5) is 11.4. The molecule has 0 spiro atoms. The number of hydrogen-bond donors (Lipinski definition) is 0. The molecule has 1 aromatic rings. The Hall–Kier alpha value is -1.53. The maximum atomic E-state index is 11.4. The van der Waals surface area contributed by atoms with Crippen molar-refractivity contribution in [2.24, 2.45) is 0 Å². The molecule has 0 saturated heterocycles. The molecule has 0 saturated carbocycles. The molecular weight excluding hydrogens is 226 g/mol. The summed E-state index contributed by atoms with van der Waals surface area (Å²) in [6.07, 6.45) is -0.153. The average molecular weight is 238 g/mol. The Labute approximate surface area is 99.6 Å². The van der Waals surface area contributed by atoms with Crippen LogP contribution in [0, 0.1) is 11.3 Å². The molecule has 0 radical (unpaired) electrons. The fraction of sp³-hybridized carbons (Fsp3) is 0.333. The lowest BCUT2D eigenvalue weighted by atomic mass is 10.2. The van der Waals surface area contributed by atoms with Gasteiger partial charge in [0.15, 0.2) is 11.9 Å². The van der Waals surface area contributed by atoms with Gasteiger partial charge >= 0.3 is 0 Å². The van der Waals surface area contributed by atoms with Crippen LogP contribution in [-0.4, -0.2) is 11.9 Å². The summed E-state index contributed by atoms with van der Waals surface area (Å²) in [6.45, 7) is 3.43. The summed E-state index contributed by atoms with van der Waals surface area (Å²) in [5.41, 5.74) is 0.264. The average Bonchev–Trinajstić information content (AvgIpc) is 2.28. The van der Waals surface area contributed by atoms with Crippen molar-refractivity contribution in [3.63, 3.8) is 0 Å². The summed E-state index contributed by atoms with van der Waals surface area (Å²) in [5.74, 6) is 0.341. The smallest absolute Gasteiger partial charge is 0.172 e. The number of benzene rings is 1. The number of halogens is 1. The largest absolute Gasteiger partial charge is 0.482 e. The van der Waals surface area contributed by atoms with Crippen molar-refractivity contribution < 1.29 is 9.53 Å². The Bertz CT molecular complexity index is 437. The predicted molar refractivity (Wildman–Crippen MR) is 61.6 cm³/mol. The molecule has 0 aliphatic heterocycles. The van der Waals surface area contributed by atoms with Gasteiger partial charge in [-0.2, -0.15) is 5.26 Å². The minimum absolute atomic E-state index is 0.0103. The zero-order valence-electron chi connectivity index (χ0n) is 9.16. The Morgan fingerprint density at radius 1 is 1.62 bits per heavy atom. The van der Waals surface area contributed by atoms with Crippen molar-refractivity contribution in [2.45, 2.75) is 26.4 Å². The quantitative estimate of drug-likeness (QED) is 0.809. The second kappa shape index (κ2) is 5.53. The lowest BCUT2D eigenvalue weighted by molar-refractivity contribution is -0.124. The van der Waals surface area contributed by atoms with Gasteiger partial charge in [0, 0.05) is 6.42 Å². The van der Waals surface area contributed by atoms with E-state index in [0.29, 0.717) is 17.2 Å². The summed E-state index contributed by atoms with van der Waals surface area (Å²) < 4.78 is 5.41. The van der Waals surface area contributed by atoms with Gasteiger partial charge in [-0.3, -0.25) is 4.79 Å². The van der Waals surface area contributed by atoms with E-state index in [1.54, 1.807) is 32.0 Å². The van der Waals surface area contributed by atoms with E-state index in [1.807, 2.05) is 6.07 Å². The van der Waals surface area contributed by atoms with Gasteiger partial charge in [-0.25, -0.2) is 0 Å². The van der Waals surface area contributed by atoms with Gasteiger partial charge in [-0.1, -0.05) is 24.6 Å². The fourth-order valence-electron chi connectivity index (χ4n) is 1.25. The van der Waals surface area contributed by atoms with Gasteiger partial charge in [0.25, 0.3) is 0 Å². The first-order chi connectivity index (χ1) is 7.60. The second-order valence-electron chi connectivity index (χ2n) is 3.30. The van der Waals surface area contributed by atoms with Crippen LogP contribution in [0.5, 0.6) is 5.75 Å². The lowest BCUT2D eigenvalue weighted by Crippen LogP contribution is -2.23. The molecular formula is C12H12ClNO2. The standard InChI is InChI=1S/C12H12ClNO2/c1-3-11(15)8(2)16-12-6-4-5-10(13)9(12)7-14/h4-6,8H,3H2,1-2H3. The summed E-state index contributed by atoms with van der Waals surface area (Å²) >= 11 is 5.84. The van der Waals surface area contributed by atoms with Gasteiger partial charge in [0.05, 0.1) is 5.02 Å². The van der Waals surface area contributed by atoms with Gasteiger partial charge in [0.1, 0.15) is 17.4 Å². The molecule has 1 atom stereocenters. The number of nitriles is 1. The summed E-state index contributed by atoms with van der Waals surface area (Å²) in [7, 11) is 0. The van der Waals surface area contributed by atoms with Crippen LogP contribution in [0.15, 0.2) is 18.2 Å². The maximum absolute atomic E-state index is 11.4. The van der Waals surface area contributed by atoms with Crippen LogP contribution < -0.4 is 4.74 Å². The van der Waals surface area contributed by atoms with Crippen LogP contribution in [0.4, 0.5) is 0 Å². The first-order valence-corrected chi connectivity index (χ1v) is 5.36. The van der Waals surface area contributed by atoms with E-state index >= 15 is 0 Å². The highest BCUT2D eigenvalue weighted by molar-refractivity contribution is 6.31. The molecule has 4 heteroatoms. The molecule has 1 aromatic carbocycles. The number of rotatable bonds is 4. The van der Waals surface area contributed by atoms with Crippen molar-refractivity contribution in [3.05, 3.63) is 28.8 Å². The third-order valence-electron chi connectivity index (χ3n) is 2.19. The van der Waals surface area contributed by atoms with Gasteiger partial charge in [0.2, 0.25) is 0 Å². The molecule has 0 aliphatic rings. The van der Waals surface area contributed by atoms with Gasteiger partial charge < -0.3 is 4.74 Å². The van der Waals surface area contributed by atoms with E-state index in [0.717, 1.165) is 0 Å². The number of ketones is 1. The van der Waals surface area contributed by atoms with Crippen molar-refractivity contribution in [1.82, 2.24) is 0 Å². The first-order valence-electron chi connectivity index (χ1n) is 4.98. The number of Topliss-reactive ketones (excluding diaryl/α,β-unsaturated/α-hetero) is 1. The highest BCUT2D eigenvalue weighted by Gasteiger charge is 2.15. The molecule has 0 aromatic heterocycles. The van der Waals surface area contributed by atoms with E-state index in [2.05, 4.69) is 0 Å². The van der Waals surface area contributed by atoms with Crippen molar-refractivity contribution >= 4 is 17.4 Å². The monoisotopic (exact) mass is 237 g/mol. The zero-order valence-corrected chi connectivity index (χ0v) is 9.91. The summed E-state index contributed by atoms with van der Waals surface area (Å²) in [6, 6.07) is 6.88. The predicted octanol–water partition coefficient (Wildman–Crippen LogP) is 2.96. The SMILES string of the molecule is CCC(=O)C(C)Oc1cccc(Cl)c1C#N. The van der Waals surface area contributed by atoms with Crippen molar-refractivity contribution in [1.29, 1.82) is 5.26 Å². The Kier molecular flexibility index (Phi) is 4.33. The maximum Gasteiger partial charge on any atom is 0.172 e. The van der Waals surface area contributed by atoms with Crippen LogP contribution in [0.1, 0.15) is 25.8 Å². The van der Waals surface area contributed by atoms with Gasteiger partial charge in [-0.15, -0.1) is 0 Å². The van der Waals surface area contributed by atoms with E-state index < -0.39 is 6.10 Å². The third-order valence-corrected chi connectivity index (χ3v) is 2.51. The molecule has 0 N–H and O–H groups in total. The molecule has 1 rings (SSSR count). The molecule has 0 amide bonds. The molecule has 0 bridgehead atoms. The molecule has 3 nitrogen and oxygen atoms in total. The first kappa shape index (κ1) is 12.5. The summed E-state index contributed by atoms with van der Waals surface area (Å²) in [5, 5.41) is 9.24. The van der Waals surface area contributed by atoms with E-state index in [4.69, 9.17) is 21.6 Å². The molecule has 0 heterocycles. The Morgan fingerprint density at radius 3 is 2.88 bits per heavy atom. The third kappa shape index (κ3) is 2.74. The van der Waals surface area contributed by atoms with Crippen LogP contribution in [0.2, 0.25) is 5.02 Å². The van der Waals surface area contributed by atoms with Gasteiger partial charge in [-0.05, 0) is 19.1 Å². The molecule has 0 fully saturated rings. The van der Waals surface area contributed by atoms with E-state index in [-0.39, 0.29) is 11.3 Å². The highest BCUT2D eigenvalue weighted by Crippen LogP contribution is 2.26. The fourth-order valence-corrected chi connectivity index (χ4v) is 1.46. The molecule has 84 valence electrons. The normalized spacial score (nSPS) is 11.6. The number of ether oxygens (including phenoxy) is 1. The minimum atomic E-state index is -0.560. The van der Waals surface area contributed by atoms with Crippen molar-refractivity contribution in [2.75, 3.05) is 0 Å². The number of carbonyl (C=O) groups is 1. The second-order valence-corrected chi connectivity index (χ2v) is 3.71. The zero-order chi connectivity index (χ0) is 12.1. The van der Waals surface area contributed by atoms with E-state index in [9.17, 15) is 4.79 Å². The molecule has 16 heavy (non-hydrogen) atoms. The number of nitrogens with zero attached hydrogens (tertiary/aromatic N) is 1. The van der Waals surface area contributed by atoms with E-state index in [1.165, 1.54) is 0 Å². The molecule has 1 unspecified atom stereocenters. The van der Waals surface area contributed by atoms with Crippen LogP contribution >= 0.6 is 11.6 Å². The highest BCUT2D eigenvalue weighted by atomic mass is 35.5. The van der Waals surface area contributed by atoms with Crippen LogP contribution in [0.3, 0.4) is 0 Å². The van der Waals surface area contributed by atoms with Crippen LogP contribution in [0.25, 0.3) is 0 Å². The lowest BCUT2D eigenvalue weighted by Gasteiger charge is -2.14. The number of carbonyl (C=O) groups excluding carboxylic acids is 1. The Morgan fingerprint density at radius 2 is 2.31 bits per heavy atom. The van der Waals surface area contributed by atoms with Crippen molar-refractivity contribution in [3.8, 4) is 11.8 Å². The Balaban J connectivity index is 2.94. The number of hydrogen-bond acceptors (Lipinski definition) is 3. The molecule has 0 aliphatic carbocycles. The topological polar surface area (TPSA) is 50.1 Å².